The molecule has 0 aromatic heterocycles. The van der Waals surface area contributed by atoms with Crippen LogP contribution >= 0.6 is 0 Å². The van der Waals surface area contributed by atoms with E-state index in [2.05, 4.69) is 12.2 Å². The fourth-order valence-corrected chi connectivity index (χ4v) is 1.68. The first-order valence-corrected chi connectivity index (χ1v) is 6.59. The van der Waals surface area contributed by atoms with Gasteiger partial charge in [-0.3, -0.25) is 0 Å². The smallest absolute Gasteiger partial charge is 0.380 e. The molecule has 0 aliphatic heterocycles. The van der Waals surface area contributed by atoms with Gasteiger partial charge in [0, 0.05) is 19.7 Å². The number of rotatable bonds is 8. The number of hydrogen-bond donors (Lipinski definition) is 1. The van der Waals surface area contributed by atoms with E-state index in [-0.39, 0.29) is 12.1 Å². The Hall–Kier alpha value is -1.14. The van der Waals surface area contributed by atoms with E-state index in [4.69, 9.17) is 4.74 Å². The molecule has 20 heavy (non-hydrogen) atoms. The van der Waals surface area contributed by atoms with Crippen molar-refractivity contribution in [2.24, 2.45) is 0 Å². The lowest BCUT2D eigenvalue weighted by molar-refractivity contribution is -0.138. The van der Waals surface area contributed by atoms with Crippen LogP contribution in [-0.2, 0) is 17.5 Å². The Morgan fingerprint density at radius 3 is 2.60 bits per heavy atom. The zero-order valence-corrected chi connectivity index (χ0v) is 11.4. The fourth-order valence-electron chi connectivity index (χ4n) is 1.68. The van der Waals surface area contributed by atoms with E-state index in [1.165, 1.54) is 0 Å². The molecule has 0 heterocycles. The summed E-state index contributed by atoms with van der Waals surface area (Å²) >= 11 is 0. The van der Waals surface area contributed by atoms with Crippen LogP contribution in [0.25, 0.3) is 0 Å². The van der Waals surface area contributed by atoms with Crippen molar-refractivity contribution in [2.75, 3.05) is 19.8 Å². The van der Waals surface area contributed by atoms with Gasteiger partial charge in [0.1, 0.15) is 5.82 Å². The number of alkyl halides is 3. The molecule has 0 aliphatic rings. The quantitative estimate of drug-likeness (QED) is 0.582. The molecular weight excluding hydrogens is 274 g/mol. The van der Waals surface area contributed by atoms with Crippen molar-refractivity contribution >= 4 is 0 Å². The molecule has 1 aromatic carbocycles. The number of hydrogen-bond acceptors (Lipinski definition) is 2. The average molecular weight is 293 g/mol. The van der Waals surface area contributed by atoms with Crippen molar-refractivity contribution in [3.05, 3.63) is 35.1 Å². The molecule has 0 saturated carbocycles. The zero-order valence-electron chi connectivity index (χ0n) is 11.4. The van der Waals surface area contributed by atoms with E-state index in [1.54, 1.807) is 0 Å². The predicted octanol–water partition coefficient (Wildman–Crippen LogP) is 3.75. The SMILES string of the molecule is CCCCOCCNCc1ccc(F)cc1C(F)(F)F. The Labute approximate surface area is 116 Å². The Balaban J connectivity index is 2.44. The number of benzene rings is 1. The molecule has 114 valence electrons. The highest BCUT2D eigenvalue weighted by atomic mass is 19.4. The number of nitrogens with one attached hydrogen (secondary N) is 1. The standard InChI is InChI=1S/C14H19F4NO/c1-2-3-7-20-8-6-19-10-11-4-5-12(15)9-13(11)14(16,17)18/h4-5,9,19H,2-3,6-8,10H2,1H3. The van der Waals surface area contributed by atoms with Crippen LogP contribution in [0.15, 0.2) is 18.2 Å². The van der Waals surface area contributed by atoms with Crippen LogP contribution in [0.3, 0.4) is 0 Å². The van der Waals surface area contributed by atoms with Crippen molar-refractivity contribution in [3.8, 4) is 0 Å². The molecule has 0 spiro atoms. The van der Waals surface area contributed by atoms with E-state index in [1.807, 2.05) is 0 Å². The van der Waals surface area contributed by atoms with Crippen LogP contribution in [-0.4, -0.2) is 19.8 Å². The van der Waals surface area contributed by atoms with Gasteiger partial charge >= 0.3 is 6.18 Å². The third kappa shape index (κ3) is 5.88. The monoisotopic (exact) mass is 293 g/mol. The normalized spacial score (nSPS) is 11.8. The van der Waals surface area contributed by atoms with Gasteiger partial charge in [0.2, 0.25) is 0 Å². The Morgan fingerprint density at radius 1 is 1.20 bits per heavy atom. The highest BCUT2D eigenvalue weighted by Crippen LogP contribution is 2.32. The Bertz CT molecular complexity index is 407. The molecule has 2 nitrogen and oxygen atoms in total. The maximum atomic E-state index is 12.9. The summed E-state index contributed by atoms with van der Waals surface area (Å²) in [6.45, 7) is 3.64. The molecule has 0 bridgehead atoms. The zero-order chi connectivity index (χ0) is 15.0. The first kappa shape index (κ1) is 16.9. The first-order chi connectivity index (χ1) is 9.45. The lowest BCUT2D eigenvalue weighted by atomic mass is 10.1. The number of halogens is 4. The van der Waals surface area contributed by atoms with Gasteiger partial charge in [0.25, 0.3) is 0 Å². The minimum Gasteiger partial charge on any atom is -0.380 e. The summed E-state index contributed by atoms with van der Waals surface area (Å²) in [4.78, 5) is 0. The second-order valence-corrected chi connectivity index (χ2v) is 4.44. The highest BCUT2D eigenvalue weighted by molar-refractivity contribution is 5.30. The average Bonchev–Trinajstić information content (AvgIpc) is 2.38. The van der Waals surface area contributed by atoms with Gasteiger partial charge in [-0.2, -0.15) is 13.2 Å². The maximum Gasteiger partial charge on any atom is 0.416 e. The van der Waals surface area contributed by atoms with Gasteiger partial charge in [0.05, 0.1) is 12.2 Å². The Morgan fingerprint density at radius 2 is 1.95 bits per heavy atom. The van der Waals surface area contributed by atoms with Gasteiger partial charge in [0.15, 0.2) is 0 Å². The summed E-state index contributed by atoms with van der Waals surface area (Å²) in [5.74, 6) is -0.885. The molecule has 0 radical (unpaired) electrons. The van der Waals surface area contributed by atoms with E-state index in [0.717, 1.165) is 25.0 Å². The third-order valence-electron chi connectivity index (χ3n) is 2.76. The molecule has 0 saturated heterocycles. The van der Waals surface area contributed by atoms with Gasteiger partial charge < -0.3 is 10.1 Å². The fraction of sp³-hybridized carbons (Fsp3) is 0.571. The van der Waals surface area contributed by atoms with E-state index < -0.39 is 17.6 Å². The summed E-state index contributed by atoms with van der Waals surface area (Å²) in [6.07, 6.45) is -2.54. The molecule has 0 amide bonds. The number of ether oxygens (including phenoxy) is 1. The topological polar surface area (TPSA) is 21.3 Å². The summed E-state index contributed by atoms with van der Waals surface area (Å²) in [5.41, 5.74) is -0.899. The summed E-state index contributed by atoms with van der Waals surface area (Å²) in [7, 11) is 0. The molecular formula is C14H19F4NO. The van der Waals surface area contributed by atoms with Crippen molar-refractivity contribution < 1.29 is 22.3 Å². The van der Waals surface area contributed by atoms with Crippen LogP contribution in [0, 0.1) is 5.82 Å². The lowest BCUT2D eigenvalue weighted by Gasteiger charge is -2.13. The predicted molar refractivity (Wildman–Crippen MR) is 68.8 cm³/mol. The molecule has 1 rings (SSSR count). The summed E-state index contributed by atoms with van der Waals surface area (Å²) in [6, 6.07) is 2.71. The minimum absolute atomic E-state index is 0.0340. The van der Waals surface area contributed by atoms with E-state index in [9.17, 15) is 17.6 Å². The summed E-state index contributed by atoms with van der Waals surface area (Å²) in [5, 5.41) is 2.86. The van der Waals surface area contributed by atoms with Crippen molar-refractivity contribution in [3.63, 3.8) is 0 Å². The Kier molecular flexibility index (Phi) is 6.95. The second kappa shape index (κ2) is 8.21. The second-order valence-electron chi connectivity index (χ2n) is 4.44. The lowest BCUT2D eigenvalue weighted by Crippen LogP contribution is -2.22. The third-order valence-corrected chi connectivity index (χ3v) is 2.76. The molecule has 0 fully saturated rings. The van der Waals surface area contributed by atoms with E-state index in [0.29, 0.717) is 25.8 Å². The maximum absolute atomic E-state index is 12.9. The molecule has 1 aromatic rings. The molecule has 6 heteroatoms. The molecule has 1 N–H and O–H groups in total. The van der Waals surface area contributed by atoms with Gasteiger partial charge in [-0.05, 0) is 24.1 Å². The molecule has 0 atom stereocenters. The van der Waals surface area contributed by atoms with Crippen LogP contribution in [0.2, 0.25) is 0 Å². The van der Waals surface area contributed by atoms with Crippen LogP contribution in [0.1, 0.15) is 30.9 Å². The van der Waals surface area contributed by atoms with Crippen LogP contribution in [0.5, 0.6) is 0 Å². The van der Waals surface area contributed by atoms with Crippen molar-refractivity contribution in [1.82, 2.24) is 5.32 Å². The van der Waals surface area contributed by atoms with Gasteiger partial charge in [-0.1, -0.05) is 19.4 Å². The highest BCUT2D eigenvalue weighted by Gasteiger charge is 2.33. The van der Waals surface area contributed by atoms with Crippen LogP contribution < -0.4 is 5.32 Å². The summed E-state index contributed by atoms with van der Waals surface area (Å²) < 4.78 is 56.4. The van der Waals surface area contributed by atoms with Crippen LogP contribution in [0.4, 0.5) is 17.6 Å². The largest absolute Gasteiger partial charge is 0.416 e. The van der Waals surface area contributed by atoms with Gasteiger partial charge in [-0.15, -0.1) is 0 Å². The minimum atomic E-state index is -4.54. The molecule has 0 unspecified atom stereocenters. The van der Waals surface area contributed by atoms with E-state index >= 15 is 0 Å². The molecule has 0 aliphatic carbocycles. The first-order valence-electron chi connectivity index (χ1n) is 6.59. The van der Waals surface area contributed by atoms with Crippen molar-refractivity contribution in [2.45, 2.75) is 32.5 Å². The van der Waals surface area contributed by atoms with Crippen molar-refractivity contribution in [1.29, 1.82) is 0 Å². The van der Waals surface area contributed by atoms with Gasteiger partial charge in [-0.25, -0.2) is 4.39 Å². The number of unbranched alkanes of at least 4 members (excludes halogenated alkanes) is 1.